The number of fused-ring (bicyclic) bond motifs is 3. The molecular formula is C18H12BrFN4O2S. The minimum atomic E-state index is -0.564. The number of rotatable bonds is 3. The Balaban J connectivity index is 1.70. The average Bonchev–Trinajstić information content (AvgIpc) is 3.00. The van der Waals surface area contributed by atoms with Crippen LogP contribution in [0.2, 0.25) is 0 Å². The number of thiophene rings is 1. The van der Waals surface area contributed by atoms with Crippen LogP contribution in [0, 0.1) is 12.7 Å². The Kier molecular flexibility index (Phi) is 4.48. The fourth-order valence-electron chi connectivity index (χ4n) is 2.78. The number of benzene rings is 1. The highest BCUT2D eigenvalue weighted by molar-refractivity contribution is 9.10. The zero-order valence-corrected chi connectivity index (χ0v) is 16.4. The average molecular weight is 447 g/mol. The van der Waals surface area contributed by atoms with Gasteiger partial charge in [0, 0.05) is 16.1 Å². The lowest BCUT2D eigenvalue weighted by Crippen LogP contribution is -2.30. The van der Waals surface area contributed by atoms with Gasteiger partial charge in [0.2, 0.25) is 5.91 Å². The van der Waals surface area contributed by atoms with E-state index in [0.29, 0.717) is 20.5 Å². The van der Waals surface area contributed by atoms with Gasteiger partial charge in [-0.05, 0) is 37.3 Å². The number of carbonyl (C=O) groups excluding carboxylic acids is 1. The van der Waals surface area contributed by atoms with Crippen molar-refractivity contribution < 1.29 is 9.18 Å². The van der Waals surface area contributed by atoms with E-state index in [1.807, 2.05) is 6.07 Å². The highest BCUT2D eigenvalue weighted by atomic mass is 79.9. The maximum absolute atomic E-state index is 13.9. The Labute approximate surface area is 164 Å². The van der Waals surface area contributed by atoms with Crippen LogP contribution in [0.5, 0.6) is 0 Å². The van der Waals surface area contributed by atoms with Gasteiger partial charge in [-0.3, -0.25) is 14.2 Å². The first-order valence-electron chi connectivity index (χ1n) is 7.93. The van der Waals surface area contributed by atoms with Crippen molar-refractivity contribution in [2.45, 2.75) is 13.5 Å². The zero-order chi connectivity index (χ0) is 19.1. The SMILES string of the molecule is Cc1nc2c(sc3ncccc32)c(=O)n1CC(=O)Nc1ccc(Br)cc1F. The third kappa shape index (κ3) is 3.24. The molecule has 4 aromatic rings. The summed E-state index contributed by atoms with van der Waals surface area (Å²) in [5.41, 5.74) is 0.321. The van der Waals surface area contributed by atoms with Crippen molar-refractivity contribution in [3.8, 4) is 0 Å². The number of nitrogens with zero attached hydrogens (tertiary/aromatic N) is 3. The van der Waals surface area contributed by atoms with Crippen LogP contribution in [-0.2, 0) is 11.3 Å². The molecule has 0 unspecified atom stereocenters. The van der Waals surface area contributed by atoms with Crippen LogP contribution in [-0.4, -0.2) is 20.4 Å². The molecule has 1 amide bonds. The monoisotopic (exact) mass is 446 g/mol. The molecule has 0 spiro atoms. The number of hydrogen-bond acceptors (Lipinski definition) is 5. The fourth-order valence-corrected chi connectivity index (χ4v) is 4.14. The Bertz CT molecular complexity index is 1270. The standard InChI is InChI=1S/C18H12BrFN4O2S/c1-9-22-15-11-3-2-6-21-17(11)27-16(15)18(26)24(9)8-14(25)23-13-5-4-10(19)7-12(13)20/h2-7H,8H2,1H3,(H,23,25). The van der Waals surface area contributed by atoms with Gasteiger partial charge in [0.05, 0.1) is 11.2 Å². The first-order valence-corrected chi connectivity index (χ1v) is 9.54. The number of aryl methyl sites for hydroxylation is 1. The van der Waals surface area contributed by atoms with E-state index in [9.17, 15) is 14.0 Å². The van der Waals surface area contributed by atoms with Crippen molar-refractivity contribution in [1.82, 2.24) is 14.5 Å². The predicted octanol–water partition coefficient (Wildman–Crippen LogP) is 3.85. The van der Waals surface area contributed by atoms with Crippen LogP contribution >= 0.6 is 27.3 Å². The van der Waals surface area contributed by atoms with Crippen LogP contribution in [0.4, 0.5) is 10.1 Å². The Morgan fingerprint density at radius 1 is 1.37 bits per heavy atom. The molecule has 4 rings (SSSR count). The molecule has 27 heavy (non-hydrogen) atoms. The summed E-state index contributed by atoms with van der Waals surface area (Å²) in [5.74, 6) is -0.671. The summed E-state index contributed by atoms with van der Waals surface area (Å²) >= 11 is 4.40. The largest absolute Gasteiger partial charge is 0.322 e. The normalized spacial score (nSPS) is 11.2. The number of hydrogen-bond donors (Lipinski definition) is 1. The summed E-state index contributed by atoms with van der Waals surface area (Å²) < 4.78 is 16.2. The van der Waals surface area contributed by atoms with Crippen molar-refractivity contribution in [3.63, 3.8) is 0 Å². The number of anilines is 1. The molecule has 0 radical (unpaired) electrons. The Morgan fingerprint density at radius 3 is 2.96 bits per heavy atom. The lowest BCUT2D eigenvalue weighted by molar-refractivity contribution is -0.116. The fraction of sp³-hybridized carbons (Fsp3) is 0.111. The number of aromatic nitrogens is 3. The van der Waals surface area contributed by atoms with E-state index in [4.69, 9.17) is 0 Å². The molecule has 0 saturated heterocycles. The van der Waals surface area contributed by atoms with Gasteiger partial charge in [0.25, 0.3) is 5.56 Å². The second-order valence-electron chi connectivity index (χ2n) is 5.86. The zero-order valence-electron chi connectivity index (χ0n) is 14.0. The van der Waals surface area contributed by atoms with Crippen molar-refractivity contribution >= 4 is 59.3 Å². The van der Waals surface area contributed by atoms with E-state index in [0.717, 1.165) is 10.2 Å². The van der Waals surface area contributed by atoms with E-state index in [1.165, 1.54) is 28.0 Å². The summed E-state index contributed by atoms with van der Waals surface area (Å²) in [6.07, 6.45) is 1.66. The number of carbonyl (C=O) groups is 1. The molecule has 0 bridgehead atoms. The molecule has 0 aliphatic rings. The maximum atomic E-state index is 13.9. The van der Waals surface area contributed by atoms with Gasteiger partial charge in [-0.25, -0.2) is 14.4 Å². The first kappa shape index (κ1) is 17.7. The molecule has 0 atom stereocenters. The molecule has 1 N–H and O–H groups in total. The molecule has 3 heterocycles. The lowest BCUT2D eigenvalue weighted by atomic mass is 10.3. The van der Waals surface area contributed by atoms with Gasteiger partial charge in [0.1, 0.15) is 27.7 Å². The van der Waals surface area contributed by atoms with Crippen LogP contribution < -0.4 is 10.9 Å². The molecular weight excluding hydrogens is 435 g/mol. The van der Waals surface area contributed by atoms with E-state index in [-0.39, 0.29) is 17.8 Å². The predicted molar refractivity (Wildman–Crippen MR) is 107 cm³/mol. The minimum absolute atomic E-state index is 0.0500. The summed E-state index contributed by atoms with van der Waals surface area (Å²) in [4.78, 5) is 34.7. The van der Waals surface area contributed by atoms with Crippen LogP contribution in [0.1, 0.15) is 5.82 Å². The molecule has 9 heteroatoms. The van der Waals surface area contributed by atoms with Gasteiger partial charge in [-0.1, -0.05) is 15.9 Å². The van der Waals surface area contributed by atoms with Crippen molar-refractivity contribution in [2.24, 2.45) is 0 Å². The second-order valence-corrected chi connectivity index (χ2v) is 7.77. The van der Waals surface area contributed by atoms with Gasteiger partial charge >= 0.3 is 0 Å². The van der Waals surface area contributed by atoms with Crippen molar-refractivity contribution in [1.29, 1.82) is 0 Å². The van der Waals surface area contributed by atoms with Crippen molar-refractivity contribution in [2.75, 3.05) is 5.32 Å². The van der Waals surface area contributed by atoms with Gasteiger partial charge in [-0.15, -0.1) is 11.3 Å². The van der Waals surface area contributed by atoms with Crippen molar-refractivity contribution in [3.05, 3.63) is 63.0 Å². The quantitative estimate of drug-likeness (QED) is 0.518. The third-order valence-electron chi connectivity index (χ3n) is 4.05. The smallest absolute Gasteiger partial charge is 0.272 e. The maximum Gasteiger partial charge on any atom is 0.272 e. The minimum Gasteiger partial charge on any atom is -0.322 e. The van der Waals surface area contributed by atoms with E-state index >= 15 is 0 Å². The number of halogens is 2. The molecule has 0 saturated carbocycles. The summed E-state index contributed by atoms with van der Waals surface area (Å²) in [7, 11) is 0. The van der Waals surface area contributed by atoms with Crippen LogP contribution in [0.3, 0.4) is 0 Å². The molecule has 3 aromatic heterocycles. The molecule has 6 nitrogen and oxygen atoms in total. The molecule has 0 aliphatic heterocycles. The van der Waals surface area contributed by atoms with Gasteiger partial charge < -0.3 is 5.32 Å². The van der Waals surface area contributed by atoms with Crippen LogP contribution in [0.25, 0.3) is 20.4 Å². The molecule has 136 valence electrons. The highest BCUT2D eigenvalue weighted by Crippen LogP contribution is 2.28. The summed E-state index contributed by atoms with van der Waals surface area (Å²) in [6, 6.07) is 7.97. The Morgan fingerprint density at radius 2 is 2.19 bits per heavy atom. The molecule has 1 aromatic carbocycles. The number of nitrogens with one attached hydrogen (secondary N) is 1. The topological polar surface area (TPSA) is 76.9 Å². The van der Waals surface area contributed by atoms with E-state index in [2.05, 4.69) is 31.2 Å². The van der Waals surface area contributed by atoms with Gasteiger partial charge in [0.15, 0.2) is 0 Å². The summed E-state index contributed by atoms with van der Waals surface area (Å²) in [6.45, 7) is 1.40. The van der Waals surface area contributed by atoms with E-state index in [1.54, 1.807) is 25.3 Å². The summed E-state index contributed by atoms with van der Waals surface area (Å²) in [5, 5.41) is 3.30. The highest BCUT2D eigenvalue weighted by Gasteiger charge is 2.17. The van der Waals surface area contributed by atoms with Gasteiger partial charge in [-0.2, -0.15) is 0 Å². The third-order valence-corrected chi connectivity index (χ3v) is 5.63. The molecule has 0 aliphatic carbocycles. The molecule has 0 fully saturated rings. The number of amides is 1. The first-order chi connectivity index (χ1) is 12.9. The lowest BCUT2D eigenvalue weighted by Gasteiger charge is -2.10. The van der Waals surface area contributed by atoms with Crippen LogP contribution in [0.15, 0.2) is 45.8 Å². The Hall–Kier alpha value is -2.65. The second kappa shape index (κ2) is 6.82. The number of pyridine rings is 1. The van der Waals surface area contributed by atoms with E-state index < -0.39 is 11.7 Å².